The zero-order valence-corrected chi connectivity index (χ0v) is 16.0. The Morgan fingerprint density at radius 3 is 2.21 bits per heavy atom. The maximum absolute atomic E-state index is 10.6. The van der Waals surface area contributed by atoms with E-state index in [4.69, 9.17) is 24.7 Å². The first-order valence-corrected chi connectivity index (χ1v) is 8.96. The molecule has 0 aliphatic heterocycles. The van der Waals surface area contributed by atoms with Gasteiger partial charge in [0, 0.05) is 0 Å². The van der Waals surface area contributed by atoms with Crippen LogP contribution in [0, 0.1) is 0 Å². The number of amides is 2. The fourth-order valence-electron chi connectivity index (χ4n) is 2.27. The molecule has 0 heterocycles. The van der Waals surface area contributed by atoms with Crippen molar-refractivity contribution in [2.75, 3.05) is 26.4 Å². The van der Waals surface area contributed by atoms with Crippen LogP contribution in [0.5, 0.6) is 23.0 Å². The first kappa shape index (κ1) is 20.9. The Kier molecular flexibility index (Phi) is 8.45. The first-order valence-electron chi connectivity index (χ1n) is 8.96. The van der Waals surface area contributed by atoms with Gasteiger partial charge in [0.25, 0.3) is 0 Å². The van der Waals surface area contributed by atoms with Crippen molar-refractivity contribution in [3.8, 4) is 23.0 Å². The number of carbonyl (C=O) groups excluding carboxylic acids is 1. The van der Waals surface area contributed by atoms with Crippen LogP contribution in [0.1, 0.15) is 19.4 Å². The van der Waals surface area contributed by atoms with Crippen molar-refractivity contribution in [1.29, 1.82) is 0 Å². The molecule has 2 aromatic carbocycles. The van der Waals surface area contributed by atoms with E-state index in [9.17, 15) is 4.79 Å². The molecule has 8 nitrogen and oxygen atoms in total. The number of nitrogens with two attached hydrogens (primary N) is 1. The summed E-state index contributed by atoms with van der Waals surface area (Å²) in [5, 5.41) is 3.72. The molecule has 0 unspecified atom stereocenters. The van der Waals surface area contributed by atoms with Crippen molar-refractivity contribution in [2.24, 2.45) is 10.8 Å². The normalized spacial score (nSPS) is 10.5. The summed E-state index contributed by atoms with van der Waals surface area (Å²) < 4.78 is 22.4. The van der Waals surface area contributed by atoms with E-state index in [-0.39, 0.29) is 0 Å². The molecule has 2 aromatic rings. The van der Waals surface area contributed by atoms with E-state index in [1.807, 2.05) is 38.1 Å². The van der Waals surface area contributed by atoms with Gasteiger partial charge in [-0.15, -0.1) is 0 Å². The monoisotopic (exact) mass is 387 g/mol. The van der Waals surface area contributed by atoms with E-state index < -0.39 is 6.03 Å². The van der Waals surface area contributed by atoms with Crippen LogP contribution in [0.15, 0.2) is 47.6 Å². The summed E-state index contributed by atoms with van der Waals surface area (Å²) in [6.07, 6.45) is 1.46. The lowest BCUT2D eigenvalue weighted by atomic mass is 10.2. The third kappa shape index (κ3) is 7.06. The van der Waals surface area contributed by atoms with Crippen molar-refractivity contribution >= 4 is 12.2 Å². The number of urea groups is 1. The number of benzene rings is 2. The Hall–Kier alpha value is -3.42. The van der Waals surface area contributed by atoms with E-state index in [1.54, 1.807) is 18.2 Å². The molecule has 2 amide bonds. The SMILES string of the molecule is CCOc1ccc(OCCOc2ccc(/C=N/NC(N)=O)cc2OCC)cc1. The quantitative estimate of drug-likeness (QED) is 0.350. The molecule has 3 N–H and O–H groups in total. The van der Waals surface area contributed by atoms with Crippen molar-refractivity contribution in [2.45, 2.75) is 13.8 Å². The highest BCUT2D eigenvalue weighted by atomic mass is 16.5. The molecule has 0 aliphatic rings. The maximum atomic E-state index is 10.6. The molecule has 0 radical (unpaired) electrons. The van der Waals surface area contributed by atoms with Gasteiger partial charge in [-0.1, -0.05) is 0 Å². The van der Waals surface area contributed by atoms with Crippen LogP contribution in [0.3, 0.4) is 0 Å². The number of nitrogens with one attached hydrogen (secondary N) is 1. The molecule has 0 saturated heterocycles. The second-order valence-corrected chi connectivity index (χ2v) is 5.47. The Morgan fingerprint density at radius 2 is 1.57 bits per heavy atom. The van der Waals surface area contributed by atoms with Gasteiger partial charge in [0.1, 0.15) is 24.7 Å². The third-order valence-corrected chi connectivity index (χ3v) is 3.40. The van der Waals surface area contributed by atoms with E-state index in [2.05, 4.69) is 10.5 Å². The van der Waals surface area contributed by atoms with Crippen LogP contribution >= 0.6 is 0 Å². The molecule has 28 heavy (non-hydrogen) atoms. The third-order valence-electron chi connectivity index (χ3n) is 3.40. The van der Waals surface area contributed by atoms with Gasteiger partial charge in [-0.3, -0.25) is 0 Å². The lowest BCUT2D eigenvalue weighted by Gasteiger charge is -2.13. The molecule has 0 aromatic heterocycles. The highest BCUT2D eigenvalue weighted by molar-refractivity contribution is 5.82. The van der Waals surface area contributed by atoms with Crippen LogP contribution in [0.25, 0.3) is 0 Å². The van der Waals surface area contributed by atoms with Crippen molar-refractivity contribution in [3.63, 3.8) is 0 Å². The maximum Gasteiger partial charge on any atom is 0.332 e. The number of rotatable bonds is 11. The average Bonchev–Trinajstić information content (AvgIpc) is 2.68. The van der Waals surface area contributed by atoms with Crippen molar-refractivity contribution in [3.05, 3.63) is 48.0 Å². The minimum absolute atomic E-state index is 0.351. The second kappa shape index (κ2) is 11.3. The molecule has 0 aliphatic carbocycles. The summed E-state index contributed by atoms with van der Waals surface area (Å²) in [5.74, 6) is 2.72. The zero-order valence-electron chi connectivity index (χ0n) is 16.0. The van der Waals surface area contributed by atoms with E-state index in [0.29, 0.717) is 37.9 Å². The minimum atomic E-state index is -0.728. The second-order valence-electron chi connectivity index (χ2n) is 5.47. The Bertz CT molecular complexity index is 778. The first-order chi connectivity index (χ1) is 13.6. The van der Waals surface area contributed by atoms with Crippen LogP contribution in [0.4, 0.5) is 4.79 Å². The molecule has 2 rings (SSSR count). The van der Waals surface area contributed by atoms with Gasteiger partial charge in [-0.05, 0) is 61.9 Å². The van der Waals surface area contributed by atoms with Crippen molar-refractivity contribution in [1.82, 2.24) is 5.43 Å². The lowest BCUT2D eigenvalue weighted by molar-refractivity contribution is 0.208. The predicted molar refractivity (Wildman–Crippen MR) is 107 cm³/mol. The number of carbonyl (C=O) groups is 1. The van der Waals surface area contributed by atoms with Crippen molar-refractivity contribution < 1.29 is 23.7 Å². The summed E-state index contributed by atoms with van der Waals surface area (Å²) in [4.78, 5) is 10.6. The molecule has 0 spiro atoms. The standard InChI is InChI=1S/C20H25N3O5/c1-3-25-16-6-8-17(9-7-16)27-11-12-28-18-10-5-15(13-19(18)26-4-2)14-22-23-20(21)24/h5-10,13-14H,3-4,11-12H2,1-2H3,(H3,21,23,24)/b22-14+. The fraction of sp³-hybridized carbons (Fsp3) is 0.300. The highest BCUT2D eigenvalue weighted by Crippen LogP contribution is 2.28. The largest absolute Gasteiger partial charge is 0.494 e. The molecule has 0 atom stereocenters. The molecule has 8 heteroatoms. The molecule has 0 bridgehead atoms. The summed E-state index contributed by atoms with van der Waals surface area (Å²) >= 11 is 0. The molecule has 150 valence electrons. The van der Waals surface area contributed by atoms with Gasteiger partial charge in [0.2, 0.25) is 0 Å². The predicted octanol–water partition coefficient (Wildman–Crippen LogP) is 2.94. The number of hydrazone groups is 1. The number of hydrogen-bond acceptors (Lipinski definition) is 6. The molecule has 0 fully saturated rings. The molecular weight excluding hydrogens is 362 g/mol. The topological polar surface area (TPSA) is 104 Å². The number of primary amides is 1. The van der Waals surface area contributed by atoms with Gasteiger partial charge >= 0.3 is 6.03 Å². The van der Waals surface area contributed by atoms with Gasteiger partial charge in [-0.2, -0.15) is 5.10 Å². The summed E-state index contributed by atoms with van der Waals surface area (Å²) in [6.45, 7) is 5.67. The Labute approximate surface area is 164 Å². The van der Waals surface area contributed by atoms with Gasteiger partial charge in [-0.25, -0.2) is 10.2 Å². The highest BCUT2D eigenvalue weighted by Gasteiger charge is 2.06. The van der Waals surface area contributed by atoms with E-state index in [1.165, 1.54) is 6.21 Å². The number of ether oxygens (including phenoxy) is 4. The number of hydrogen-bond donors (Lipinski definition) is 2. The fourth-order valence-corrected chi connectivity index (χ4v) is 2.27. The Morgan fingerprint density at radius 1 is 0.929 bits per heavy atom. The Balaban J connectivity index is 1.88. The minimum Gasteiger partial charge on any atom is -0.494 e. The lowest BCUT2D eigenvalue weighted by Crippen LogP contribution is -2.24. The summed E-state index contributed by atoms with van der Waals surface area (Å²) in [6, 6.07) is 12.0. The van der Waals surface area contributed by atoms with Crippen LogP contribution in [-0.4, -0.2) is 38.7 Å². The average molecular weight is 387 g/mol. The molecule has 0 saturated carbocycles. The van der Waals surface area contributed by atoms with Crippen LogP contribution in [0.2, 0.25) is 0 Å². The van der Waals surface area contributed by atoms with Gasteiger partial charge in [0.05, 0.1) is 19.4 Å². The van der Waals surface area contributed by atoms with Crippen LogP contribution in [-0.2, 0) is 0 Å². The summed E-state index contributed by atoms with van der Waals surface area (Å²) in [5.41, 5.74) is 7.83. The van der Waals surface area contributed by atoms with E-state index >= 15 is 0 Å². The van der Waals surface area contributed by atoms with Gasteiger partial charge < -0.3 is 24.7 Å². The zero-order chi connectivity index (χ0) is 20.2. The molecular formula is C20H25N3O5. The van der Waals surface area contributed by atoms with Gasteiger partial charge in [0.15, 0.2) is 11.5 Å². The number of nitrogens with zero attached hydrogens (tertiary/aromatic N) is 1. The van der Waals surface area contributed by atoms with Crippen LogP contribution < -0.4 is 30.1 Å². The van der Waals surface area contributed by atoms with E-state index in [0.717, 1.165) is 17.1 Å². The summed E-state index contributed by atoms with van der Waals surface area (Å²) in [7, 11) is 0. The smallest absolute Gasteiger partial charge is 0.332 e.